The summed E-state index contributed by atoms with van der Waals surface area (Å²) in [5, 5.41) is 7.31. The Morgan fingerprint density at radius 1 is 1.35 bits per heavy atom. The lowest BCUT2D eigenvalue weighted by Crippen LogP contribution is -2.08. The number of hydrogen-bond acceptors (Lipinski definition) is 5. The van der Waals surface area contributed by atoms with Crippen molar-refractivity contribution in [2.45, 2.75) is 4.34 Å². The molecular formula is C10H6F2N2OS2. The minimum Gasteiger partial charge on any atom is -0.293 e. The molecule has 1 heterocycles. The van der Waals surface area contributed by atoms with Gasteiger partial charge in [0.05, 0.1) is 11.3 Å². The number of carbonyl (C=O) groups is 1. The molecule has 0 saturated carbocycles. The number of ketones is 1. The van der Waals surface area contributed by atoms with Crippen molar-refractivity contribution in [3.63, 3.8) is 0 Å². The van der Waals surface area contributed by atoms with Gasteiger partial charge in [-0.05, 0) is 12.1 Å². The minimum absolute atomic E-state index is 0.0625. The molecule has 0 amide bonds. The third-order valence-electron chi connectivity index (χ3n) is 1.91. The molecule has 2 aromatic rings. The highest BCUT2D eigenvalue weighted by Gasteiger charge is 2.17. The molecule has 1 aromatic heterocycles. The van der Waals surface area contributed by atoms with E-state index < -0.39 is 23.0 Å². The van der Waals surface area contributed by atoms with Crippen LogP contribution >= 0.6 is 23.1 Å². The molecule has 0 aliphatic carbocycles. The van der Waals surface area contributed by atoms with E-state index in [0.717, 1.165) is 23.9 Å². The number of nitrogens with zero attached hydrogens (tertiary/aromatic N) is 2. The van der Waals surface area contributed by atoms with Gasteiger partial charge in [-0.15, -0.1) is 10.2 Å². The van der Waals surface area contributed by atoms with E-state index >= 15 is 0 Å². The van der Waals surface area contributed by atoms with Crippen molar-refractivity contribution in [1.82, 2.24) is 10.2 Å². The fourth-order valence-corrected chi connectivity index (χ4v) is 2.55. The van der Waals surface area contributed by atoms with E-state index in [4.69, 9.17) is 0 Å². The molecule has 0 N–H and O–H groups in total. The summed E-state index contributed by atoms with van der Waals surface area (Å²) in [5.41, 5.74) is 1.03. The fourth-order valence-electron chi connectivity index (χ4n) is 1.19. The van der Waals surface area contributed by atoms with E-state index in [-0.39, 0.29) is 5.75 Å². The van der Waals surface area contributed by atoms with Crippen molar-refractivity contribution in [3.8, 4) is 0 Å². The summed E-state index contributed by atoms with van der Waals surface area (Å²) in [6.07, 6.45) is 0. The van der Waals surface area contributed by atoms with E-state index in [1.165, 1.54) is 22.9 Å². The van der Waals surface area contributed by atoms with Crippen molar-refractivity contribution in [2.75, 3.05) is 5.75 Å². The first-order valence-electron chi connectivity index (χ1n) is 4.54. The van der Waals surface area contributed by atoms with E-state index in [9.17, 15) is 13.6 Å². The van der Waals surface area contributed by atoms with Crippen LogP contribution in [0.5, 0.6) is 0 Å². The van der Waals surface area contributed by atoms with Crippen LogP contribution in [0.4, 0.5) is 8.78 Å². The first-order valence-corrected chi connectivity index (χ1v) is 6.41. The van der Waals surface area contributed by atoms with Crippen molar-refractivity contribution < 1.29 is 13.6 Å². The number of thioether (sulfide) groups is 1. The van der Waals surface area contributed by atoms with Crippen LogP contribution in [0.1, 0.15) is 10.4 Å². The second-order valence-corrected chi connectivity index (χ2v) is 5.07. The van der Waals surface area contributed by atoms with Gasteiger partial charge in [-0.2, -0.15) is 0 Å². The van der Waals surface area contributed by atoms with E-state index in [0.29, 0.717) is 4.34 Å². The first kappa shape index (κ1) is 12.1. The van der Waals surface area contributed by atoms with Crippen LogP contribution in [0, 0.1) is 11.6 Å². The minimum atomic E-state index is -0.840. The van der Waals surface area contributed by atoms with Crippen molar-refractivity contribution in [3.05, 3.63) is 40.9 Å². The van der Waals surface area contributed by atoms with Gasteiger partial charge in [-0.25, -0.2) is 8.78 Å². The van der Waals surface area contributed by atoms with Crippen LogP contribution in [0.25, 0.3) is 0 Å². The number of benzene rings is 1. The van der Waals surface area contributed by atoms with Gasteiger partial charge < -0.3 is 0 Å². The number of hydrogen-bond donors (Lipinski definition) is 0. The molecule has 2 rings (SSSR count). The molecule has 0 aliphatic rings. The number of carbonyl (C=O) groups excluding carboxylic acids is 1. The third-order valence-corrected chi connectivity index (χ3v) is 3.77. The van der Waals surface area contributed by atoms with Gasteiger partial charge in [0.2, 0.25) is 0 Å². The van der Waals surface area contributed by atoms with E-state index in [2.05, 4.69) is 10.2 Å². The van der Waals surface area contributed by atoms with Crippen LogP contribution < -0.4 is 0 Å². The van der Waals surface area contributed by atoms with Crippen LogP contribution in [-0.2, 0) is 0 Å². The SMILES string of the molecule is O=C(CSc1nncs1)c1c(F)cccc1F. The summed E-state index contributed by atoms with van der Waals surface area (Å²) in [4.78, 5) is 11.6. The normalized spacial score (nSPS) is 10.5. The lowest BCUT2D eigenvalue weighted by atomic mass is 10.1. The molecule has 17 heavy (non-hydrogen) atoms. The second-order valence-electron chi connectivity index (χ2n) is 3.01. The zero-order valence-corrected chi connectivity index (χ0v) is 10.0. The van der Waals surface area contributed by atoms with Gasteiger partial charge in [-0.3, -0.25) is 4.79 Å². The molecule has 88 valence electrons. The molecule has 0 aliphatic heterocycles. The molecule has 0 radical (unpaired) electrons. The van der Waals surface area contributed by atoms with E-state index in [1.807, 2.05) is 0 Å². The Kier molecular flexibility index (Phi) is 3.80. The predicted molar refractivity (Wildman–Crippen MR) is 61.3 cm³/mol. The molecule has 0 spiro atoms. The highest BCUT2D eigenvalue weighted by atomic mass is 32.2. The lowest BCUT2D eigenvalue weighted by molar-refractivity contribution is 0.101. The van der Waals surface area contributed by atoms with Crippen LogP contribution in [0.3, 0.4) is 0 Å². The van der Waals surface area contributed by atoms with Gasteiger partial charge >= 0.3 is 0 Å². The maximum Gasteiger partial charge on any atom is 0.179 e. The molecule has 0 atom stereocenters. The van der Waals surface area contributed by atoms with Gasteiger partial charge in [0.15, 0.2) is 10.1 Å². The summed E-state index contributed by atoms with van der Waals surface area (Å²) >= 11 is 2.38. The molecule has 0 unspecified atom stereocenters. The predicted octanol–water partition coefficient (Wildman–Crippen LogP) is 2.79. The monoisotopic (exact) mass is 272 g/mol. The molecule has 0 saturated heterocycles. The standard InChI is InChI=1S/C10H6F2N2OS2/c11-6-2-1-3-7(12)9(6)8(15)4-16-10-14-13-5-17-10/h1-3,5H,4H2. The first-order chi connectivity index (χ1) is 8.18. The lowest BCUT2D eigenvalue weighted by Gasteiger charge is -2.02. The van der Waals surface area contributed by atoms with Crippen LogP contribution in [0.15, 0.2) is 28.0 Å². The Morgan fingerprint density at radius 3 is 2.65 bits per heavy atom. The third kappa shape index (κ3) is 2.86. The van der Waals surface area contributed by atoms with Crippen LogP contribution in [-0.4, -0.2) is 21.7 Å². The van der Waals surface area contributed by atoms with Gasteiger partial charge in [0.25, 0.3) is 0 Å². The van der Waals surface area contributed by atoms with Gasteiger partial charge in [0, 0.05) is 0 Å². The molecule has 0 bridgehead atoms. The smallest absolute Gasteiger partial charge is 0.179 e. The fraction of sp³-hybridized carbons (Fsp3) is 0.100. The van der Waals surface area contributed by atoms with Crippen molar-refractivity contribution >= 4 is 28.9 Å². The molecule has 0 fully saturated rings. The summed E-state index contributed by atoms with van der Waals surface area (Å²) in [6, 6.07) is 3.34. The topological polar surface area (TPSA) is 42.9 Å². The summed E-state index contributed by atoms with van der Waals surface area (Å²) in [7, 11) is 0. The Morgan fingerprint density at radius 2 is 2.06 bits per heavy atom. The summed E-state index contributed by atoms with van der Waals surface area (Å²) < 4.78 is 27.1. The summed E-state index contributed by atoms with van der Waals surface area (Å²) in [6.45, 7) is 0. The second kappa shape index (κ2) is 5.33. The Labute approximate surface area is 104 Å². The van der Waals surface area contributed by atoms with Gasteiger partial charge in [-0.1, -0.05) is 29.2 Å². The Bertz CT molecular complexity index is 511. The largest absolute Gasteiger partial charge is 0.293 e. The molecular weight excluding hydrogens is 266 g/mol. The highest BCUT2D eigenvalue weighted by Crippen LogP contribution is 2.21. The summed E-state index contributed by atoms with van der Waals surface area (Å²) in [5.74, 6) is -2.34. The number of rotatable bonds is 4. The average Bonchev–Trinajstić information content (AvgIpc) is 2.79. The molecule has 7 heteroatoms. The van der Waals surface area contributed by atoms with Gasteiger partial charge in [0.1, 0.15) is 17.1 Å². The Hall–Kier alpha value is -1.34. The van der Waals surface area contributed by atoms with Crippen molar-refractivity contribution in [2.24, 2.45) is 0 Å². The highest BCUT2D eigenvalue weighted by molar-refractivity contribution is 8.01. The zero-order valence-electron chi connectivity index (χ0n) is 8.39. The van der Waals surface area contributed by atoms with E-state index in [1.54, 1.807) is 0 Å². The Balaban J connectivity index is 2.10. The number of aromatic nitrogens is 2. The number of Topliss-reactive ketones (excluding diaryl/α,β-unsaturated/α-hetero) is 1. The van der Waals surface area contributed by atoms with Crippen LogP contribution in [0.2, 0.25) is 0 Å². The average molecular weight is 272 g/mol. The maximum atomic E-state index is 13.3. The van der Waals surface area contributed by atoms with Crippen molar-refractivity contribution in [1.29, 1.82) is 0 Å². The number of halogens is 2. The zero-order chi connectivity index (χ0) is 12.3. The maximum absolute atomic E-state index is 13.3. The molecule has 3 nitrogen and oxygen atoms in total. The molecule has 1 aromatic carbocycles. The quantitative estimate of drug-likeness (QED) is 0.634.